The van der Waals surface area contributed by atoms with Crippen LogP contribution in [0.5, 0.6) is 5.75 Å². The molecule has 0 aromatic heterocycles. The Morgan fingerprint density at radius 1 is 1.37 bits per heavy atom. The predicted molar refractivity (Wildman–Crippen MR) is 79.2 cm³/mol. The Morgan fingerprint density at radius 2 is 2.21 bits per heavy atom. The summed E-state index contributed by atoms with van der Waals surface area (Å²) in [5, 5.41) is 7.92. The Labute approximate surface area is 124 Å². The van der Waals surface area contributed by atoms with Gasteiger partial charge < -0.3 is 14.4 Å². The summed E-state index contributed by atoms with van der Waals surface area (Å²) in [5.41, 5.74) is 1.11. The molecule has 0 saturated carbocycles. The molecule has 0 amide bonds. The van der Waals surface area contributed by atoms with Crippen LogP contribution in [0.15, 0.2) is 24.3 Å². The van der Waals surface area contributed by atoms with Gasteiger partial charge in [0.1, 0.15) is 11.9 Å². The second kappa shape index (κ2) is 5.82. The van der Waals surface area contributed by atoms with Crippen LogP contribution < -0.4 is 4.74 Å². The van der Waals surface area contributed by atoms with Crippen LogP contribution in [0, 0.1) is 5.41 Å². The number of fused-ring (bicyclic) bond motifs is 1. The first-order valence-electron chi connectivity index (χ1n) is 6.45. The molecule has 0 unspecified atom stereocenters. The predicted octanol–water partition coefficient (Wildman–Crippen LogP) is 3.13. The van der Waals surface area contributed by atoms with Gasteiger partial charge in [-0.3, -0.25) is 5.41 Å². The molecule has 0 bridgehead atoms. The highest BCUT2D eigenvalue weighted by atomic mass is 79.9. The molecule has 0 radical (unpaired) electrons. The van der Waals surface area contributed by atoms with Crippen molar-refractivity contribution in [3.63, 3.8) is 0 Å². The lowest BCUT2D eigenvalue weighted by Gasteiger charge is -2.29. The third kappa shape index (κ3) is 2.56. The van der Waals surface area contributed by atoms with E-state index in [-0.39, 0.29) is 23.1 Å². The van der Waals surface area contributed by atoms with Crippen molar-refractivity contribution >= 4 is 23.0 Å². The molecule has 2 saturated heterocycles. The molecular formula is C14H19BrN2O2. The van der Waals surface area contributed by atoms with Gasteiger partial charge in [0.15, 0.2) is 0 Å². The molecular weight excluding hydrogens is 308 g/mol. The summed E-state index contributed by atoms with van der Waals surface area (Å²) in [4.78, 5) is 2.09. The summed E-state index contributed by atoms with van der Waals surface area (Å²) in [6.45, 7) is 0.948. The molecule has 2 atom stereocenters. The quantitative estimate of drug-likeness (QED) is 0.908. The standard InChI is InChI=1S/C14H18N2O2.BrH/c1-17-11-6-4-5-10(9-11)13-12-7-2-3-8-16(12)14(15)18-13;/h4-6,9,12-13,15H,2-3,7-8H2,1H3;1H/t12-,13-;/m1./s1. The summed E-state index contributed by atoms with van der Waals surface area (Å²) < 4.78 is 11.0. The maximum Gasteiger partial charge on any atom is 0.285 e. The number of hydrogen-bond donors (Lipinski definition) is 1. The van der Waals surface area contributed by atoms with E-state index in [0.29, 0.717) is 12.1 Å². The minimum Gasteiger partial charge on any atom is -0.497 e. The van der Waals surface area contributed by atoms with Crippen LogP contribution in [0.2, 0.25) is 0 Å². The zero-order chi connectivity index (χ0) is 12.5. The molecule has 2 fully saturated rings. The molecule has 19 heavy (non-hydrogen) atoms. The largest absolute Gasteiger partial charge is 0.497 e. The first-order chi connectivity index (χ1) is 8.79. The first kappa shape index (κ1) is 14.2. The fourth-order valence-electron chi connectivity index (χ4n) is 2.90. The monoisotopic (exact) mass is 326 g/mol. The highest BCUT2D eigenvalue weighted by molar-refractivity contribution is 8.93. The van der Waals surface area contributed by atoms with Crippen molar-refractivity contribution in [3.8, 4) is 5.75 Å². The molecule has 3 rings (SSSR count). The lowest BCUT2D eigenvalue weighted by Crippen LogP contribution is -2.38. The maximum absolute atomic E-state index is 7.92. The summed E-state index contributed by atoms with van der Waals surface area (Å²) in [6, 6.07) is 8.62. The van der Waals surface area contributed by atoms with Crippen LogP contribution in [0.4, 0.5) is 0 Å². The minimum atomic E-state index is -0.0205. The van der Waals surface area contributed by atoms with E-state index in [0.717, 1.165) is 30.7 Å². The summed E-state index contributed by atoms with van der Waals surface area (Å²) in [5.74, 6) is 0.844. The molecule has 2 heterocycles. The van der Waals surface area contributed by atoms with Crippen molar-refractivity contribution in [2.45, 2.75) is 31.4 Å². The molecule has 2 aliphatic heterocycles. The third-order valence-corrected chi connectivity index (χ3v) is 3.82. The second-order valence-corrected chi connectivity index (χ2v) is 4.88. The smallest absolute Gasteiger partial charge is 0.285 e. The van der Waals surface area contributed by atoms with Gasteiger partial charge in [-0.1, -0.05) is 12.1 Å². The molecule has 104 valence electrons. The Hall–Kier alpha value is -1.23. The number of methoxy groups -OCH3 is 1. The highest BCUT2D eigenvalue weighted by Crippen LogP contribution is 2.38. The molecule has 2 aliphatic rings. The Kier molecular flexibility index (Phi) is 4.34. The number of ether oxygens (including phenoxy) is 2. The Morgan fingerprint density at radius 3 is 3.00 bits per heavy atom. The van der Waals surface area contributed by atoms with E-state index < -0.39 is 0 Å². The molecule has 1 N–H and O–H groups in total. The third-order valence-electron chi connectivity index (χ3n) is 3.82. The number of nitrogens with one attached hydrogen (secondary N) is 1. The van der Waals surface area contributed by atoms with Gasteiger partial charge in [0, 0.05) is 6.54 Å². The SMILES string of the molecule is Br.COc1cccc([C@H]2OC(=N)N3CCCC[C@H]23)c1. The number of hydrogen-bond acceptors (Lipinski definition) is 3. The van der Waals surface area contributed by atoms with Crippen molar-refractivity contribution in [3.05, 3.63) is 29.8 Å². The van der Waals surface area contributed by atoms with Crippen molar-refractivity contribution in [2.75, 3.05) is 13.7 Å². The van der Waals surface area contributed by atoms with E-state index in [2.05, 4.69) is 11.0 Å². The van der Waals surface area contributed by atoms with Crippen molar-refractivity contribution in [1.29, 1.82) is 5.41 Å². The number of benzene rings is 1. The Balaban J connectivity index is 0.00000133. The van der Waals surface area contributed by atoms with Gasteiger partial charge in [0.25, 0.3) is 6.02 Å². The normalized spacial score (nSPS) is 25.3. The van der Waals surface area contributed by atoms with Crippen LogP contribution in [-0.4, -0.2) is 30.6 Å². The van der Waals surface area contributed by atoms with Crippen LogP contribution in [-0.2, 0) is 4.74 Å². The van der Waals surface area contributed by atoms with Crippen LogP contribution in [0.3, 0.4) is 0 Å². The molecule has 1 aromatic carbocycles. The topological polar surface area (TPSA) is 45.6 Å². The maximum atomic E-state index is 7.92. The first-order valence-corrected chi connectivity index (χ1v) is 6.45. The number of amidine groups is 1. The van der Waals surface area contributed by atoms with Gasteiger partial charge >= 0.3 is 0 Å². The summed E-state index contributed by atoms with van der Waals surface area (Å²) in [6.07, 6.45) is 3.46. The zero-order valence-corrected chi connectivity index (χ0v) is 12.7. The number of rotatable bonds is 2. The lowest BCUT2D eigenvalue weighted by molar-refractivity contribution is 0.167. The summed E-state index contributed by atoms with van der Waals surface area (Å²) >= 11 is 0. The average molecular weight is 327 g/mol. The van der Waals surface area contributed by atoms with Crippen molar-refractivity contribution < 1.29 is 9.47 Å². The van der Waals surface area contributed by atoms with Gasteiger partial charge in [-0.25, -0.2) is 0 Å². The van der Waals surface area contributed by atoms with E-state index in [1.807, 2.05) is 18.2 Å². The second-order valence-electron chi connectivity index (χ2n) is 4.88. The van der Waals surface area contributed by atoms with Gasteiger partial charge in [0.05, 0.1) is 13.2 Å². The van der Waals surface area contributed by atoms with E-state index in [1.165, 1.54) is 6.42 Å². The molecule has 0 aliphatic carbocycles. The number of nitrogens with zero attached hydrogens (tertiary/aromatic N) is 1. The fraction of sp³-hybridized carbons (Fsp3) is 0.500. The van der Waals surface area contributed by atoms with Crippen molar-refractivity contribution in [2.24, 2.45) is 0 Å². The van der Waals surface area contributed by atoms with Gasteiger partial charge in [-0.2, -0.15) is 0 Å². The number of piperidine rings is 1. The van der Waals surface area contributed by atoms with E-state index in [4.69, 9.17) is 14.9 Å². The van der Waals surface area contributed by atoms with E-state index in [9.17, 15) is 0 Å². The molecule has 1 aromatic rings. The molecule has 4 nitrogen and oxygen atoms in total. The van der Waals surface area contributed by atoms with E-state index in [1.54, 1.807) is 7.11 Å². The average Bonchev–Trinajstić information content (AvgIpc) is 2.77. The van der Waals surface area contributed by atoms with Crippen LogP contribution in [0.1, 0.15) is 30.9 Å². The van der Waals surface area contributed by atoms with Gasteiger partial charge in [-0.05, 0) is 37.0 Å². The number of halogens is 1. The molecule has 0 spiro atoms. The fourth-order valence-corrected chi connectivity index (χ4v) is 2.90. The van der Waals surface area contributed by atoms with Gasteiger partial charge in [-0.15, -0.1) is 17.0 Å². The van der Waals surface area contributed by atoms with Crippen molar-refractivity contribution in [1.82, 2.24) is 4.90 Å². The molecule has 5 heteroatoms. The van der Waals surface area contributed by atoms with E-state index >= 15 is 0 Å². The minimum absolute atomic E-state index is 0. The zero-order valence-electron chi connectivity index (χ0n) is 11.0. The highest BCUT2D eigenvalue weighted by Gasteiger charge is 2.41. The van der Waals surface area contributed by atoms with Crippen LogP contribution in [0.25, 0.3) is 0 Å². The van der Waals surface area contributed by atoms with Gasteiger partial charge in [0.2, 0.25) is 0 Å². The Bertz CT molecular complexity index is 467. The van der Waals surface area contributed by atoms with Crippen LogP contribution >= 0.6 is 17.0 Å². The lowest BCUT2D eigenvalue weighted by atomic mass is 9.94. The summed E-state index contributed by atoms with van der Waals surface area (Å²) in [7, 11) is 1.67.